The molecule has 0 aromatic heterocycles. The first kappa shape index (κ1) is 17.2. The number of ketones is 1. The van der Waals surface area contributed by atoms with Crippen LogP contribution in [0.2, 0.25) is 0 Å². The summed E-state index contributed by atoms with van der Waals surface area (Å²) in [5.74, 6) is 0.413. The van der Waals surface area contributed by atoms with Crippen LogP contribution in [0.4, 0.5) is 0 Å². The summed E-state index contributed by atoms with van der Waals surface area (Å²) in [7, 11) is 0. The van der Waals surface area contributed by atoms with Gasteiger partial charge in [-0.1, -0.05) is 43.7 Å². The molecule has 22 heavy (non-hydrogen) atoms. The summed E-state index contributed by atoms with van der Waals surface area (Å²) in [5.41, 5.74) is 1.45. The van der Waals surface area contributed by atoms with Gasteiger partial charge >= 0.3 is 0 Å². The van der Waals surface area contributed by atoms with E-state index in [0.29, 0.717) is 0 Å². The van der Waals surface area contributed by atoms with Gasteiger partial charge in [-0.2, -0.15) is 0 Å². The highest BCUT2D eigenvalue weighted by Crippen LogP contribution is 2.25. The monoisotopic (exact) mass is 303 g/mol. The average Bonchev–Trinajstić information content (AvgIpc) is 2.55. The first-order chi connectivity index (χ1) is 10.5. The summed E-state index contributed by atoms with van der Waals surface area (Å²) in [6.45, 7) is 8.66. The maximum Gasteiger partial charge on any atom is 0.166 e. The molecule has 3 heteroatoms. The number of aryl methyl sites for hydroxylation is 1. The molecule has 1 saturated heterocycles. The molecule has 0 radical (unpaired) electrons. The Balaban J connectivity index is 1.89. The summed E-state index contributed by atoms with van der Waals surface area (Å²) in [6, 6.07) is 7.89. The van der Waals surface area contributed by atoms with E-state index in [-0.39, 0.29) is 11.7 Å². The highest BCUT2D eigenvalue weighted by molar-refractivity contribution is 5.97. The minimum Gasteiger partial charge on any atom is -0.389 e. The number of rotatable bonds is 6. The SMILES string of the molecule is CCC(O)(CC)CN1CCC(C(=O)c2ccc(C)cc2)CC1. The maximum atomic E-state index is 12.5. The third-order valence-corrected chi connectivity index (χ3v) is 5.13. The van der Waals surface area contributed by atoms with Gasteiger partial charge in [-0.3, -0.25) is 4.79 Å². The number of carbonyl (C=O) groups excluding carboxylic acids is 1. The smallest absolute Gasteiger partial charge is 0.166 e. The van der Waals surface area contributed by atoms with E-state index in [9.17, 15) is 9.90 Å². The summed E-state index contributed by atoms with van der Waals surface area (Å²) < 4.78 is 0. The number of benzene rings is 1. The second kappa shape index (κ2) is 7.38. The lowest BCUT2D eigenvalue weighted by atomic mass is 9.87. The zero-order chi connectivity index (χ0) is 16.2. The van der Waals surface area contributed by atoms with Gasteiger partial charge in [0.2, 0.25) is 0 Å². The van der Waals surface area contributed by atoms with Gasteiger partial charge in [-0.05, 0) is 45.7 Å². The highest BCUT2D eigenvalue weighted by Gasteiger charge is 2.30. The number of carbonyl (C=O) groups is 1. The Labute approximate surface area is 134 Å². The minimum absolute atomic E-state index is 0.135. The lowest BCUT2D eigenvalue weighted by Gasteiger charge is -2.37. The molecule has 0 amide bonds. The zero-order valence-electron chi connectivity index (χ0n) is 14.1. The Morgan fingerprint density at radius 2 is 1.73 bits per heavy atom. The molecule has 1 aromatic carbocycles. The van der Waals surface area contributed by atoms with Crippen molar-refractivity contribution in [3.63, 3.8) is 0 Å². The lowest BCUT2D eigenvalue weighted by molar-refractivity contribution is -0.0107. The van der Waals surface area contributed by atoms with E-state index in [2.05, 4.69) is 4.90 Å². The molecule has 122 valence electrons. The highest BCUT2D eigenvalue weighted by atomic mass is 16.3. The molecule has 0 unspecified atom stereocenters. The number of piperidine rings is 1. The first-order valence-electron chi connectivity index (χ1n) is 8.53. The van der Waals surface area contributed by atoms with Gasteiger partial charge in [-0.25, -0.2) is 0 Å². The van der Waals surface area contributed by atoms with Gasteiger partial charge in [0.15, 0.2) is 5.78 Å². The molecule has 1 aliphatic rings. The van der Waals surface area contributed by atoms with Crippen LogP contribution in [0.3, 0.4) is 0 Å². The largest absolute Gasteiger partial charge is 0.389 e. The van der Waals surface area contributed by atoms with E-state index < -0.39 is 5.60 Å². The summed E-state index contributed by atoms with van der Waals surface area (Å²) in [5, 5.41) is 10.5. The van der Waals surface area contributed by atoms with Gasteiger partial charge in [-0.15, -0.1) is 0 Å². The summed E-state index contributed by atoms with van der Waals surface area (Å²) in [6.07, 6.45) is 3.36. The van der Waals surface area contributed by atoms with Gasteiger partial charge in [0.1, 0.15) is 0 Å². The Morgan fingerprint density at radius 3 is 2.23 bits per heavy atom. The van der Waals surface area contributed by atoms with Crippen LogP contribution in [0.25, 0.3) is 0 Å². The number of nitrogens with zero attached hydrogens (tertiary/aromatic N) is 1. The molecule has 1 N–H and O–H groups in total. The van der Waals surface area contributed by atoms with Crippen LogP contribution in [-0.4, -0.2) is 41.0 Å². The number of likely N-dealkylation sites (tertiary alicyclic amines) is 1. The van der Waals surface area contributed by atoms with Gasteiger partial charge in [0.05, 0.1) is 5.60 Å². The Morgan fingerprint density at radius 1 is 1.18 bits per heavy atom. The number of β-amino-alcohol motifs (C(OH)–C–C–N with tert-alkyl or cyclic N) is 1. The first-order valence-corrected chi connectivity index (χ1v) is 8.53. The molecule has 0 saturated carbocycles. The second-order valence-corrected chi connectivity index (χ2v) is 6.71. The molecule has 2 rings (SSSR count). The standard InChI is InChI=1S/C19H29NO2/c1-4-19(22,5-2)14-20-12-10-17(11-13-20)18(21)16-8-6-15(3)7-9-16/h6-9,17,22H,4-5,10-14H2,1-3H3. The van der Waals surface area contributed by atoms with Crippen molar-refractivity contribution in [1.29, 1.82) is 0 Å². The van der Waals surface area contributed by atoms with Crippen LogP contribution in [0.5, 0.6) is 0 Å². The van der Waals surface area contributed by atoms with E-state index in [1.165, 1.54) is 5.56 Å². The van der Waals surface area contributed by atoms with Crippen LogP contribution in [-0.2, 0) is 0 Å². The Bertz CT molecular complexity index is 483. The fraction of sp³-hybridized carbons (Fsp3) is 0.632. The predicted molar refractivity (Wildman–Crippen MR) is 90.2 cm³/mol. The fourth-order valence-corrected chi connectivity index (χ4v) is 3.20. The number of Topliss-reactive ketones (excluding diaryl/α,β-unsaturated/α-hetero) is 1. The molecular weight excluding hydrogens is 274 g/mol. The van der Waals surface area contributed by atoms with E-state index in [0.717, 1.165) is 50.9 Å². The fourth-order valence-electron chi connectivity index (χ4n) is 3.20. The molecule has 1 fully saturated rings. The number of aliphatic hydroxyl groups is 1. The normalized spacial score (nSPS) is 17.6. The maximum absolute atomic E-state index is 12.5. The van der Waals surface area contributed by atoms with E-state index in [4.69, 9.17) is 0 Å². The summed E-state index contributed by atoms with van der Waals surface area (Å²) >= 11 is 0. The molecule has 3 nitrogen and oxygen atoms in total. The van der Waals surface area contributed by atoms with Crippen molar-refractivity contribution in [2.75, 3.05) is 19.6 Å². The van der Waals surface area contributed by atoms with E-state index in [1.807, 2.05) is 45.0 Å². The quantitative estimate of drug-likeness (QED) is 0.818. The molecule has 0 bridgehead atoms. The second-order valence-electron chi connectivity index (χ2n) is 6.71. The molecule has 1 aliphatic heterocycles. The van der Waals surface area contributed by atoms with Gasteiger partial charge in [0, 0.05) is 18.0 Å². The van der Waals surface area contributed by atoms with Crippen molar-refractivity contribution in [3.05, 3.63) is 35.4 Å². The molecular formula is C19H29NO2. The number of hydrogen-bond acceptors (Lipinski definition) is 3. The van der Waals surface area contributed by atoms with Gasteiger partial charge in [0.25, 0.3) is 0 Å². The molecule has 1 heterocycles. The van der Waals surface area contributed by atoms with Crippen molar-refractivity contribution in [2.45, 2.75) is 52.1 Å². The van der Waals surface area contributed by atoms with E-state index in [1.54, 1.807) is 0 Å². The van der Waals surface area contributed by atoms with Crippen molar-refractivity contribution < 1.29 is 9.90 Å². The topological polar surface area (TPSA) is 40.5 Å². The molecule has 0 spiro atoms. The van der Waals surface area contributed by atoms with Crippen LogP contribution in [0.1, 0.15) is 55.5 Å². The third-order valence-electron chi connectivity index (χ3n) is 5.13. The average molecular weight is 303 g/mol. The van der Waals surface area contributed by atoms with Crippen molar-refractivity contribution in [3.8, 4) is 0 Å². The van der Waals surface area contributed by atoms with E-state index >= 15 is 0 Å². The van der Waals surface area contributed by atoms with Crippen LogP contribution >= 0.6 is 0 Å². The predicted octanol–water partition coefficient (Wildman–Crippen LogP) is 3.44. The Hall–Kier alpha value is -1.19. The zero-order valence-corrected chi connectivity index (χ0v) is 14.1. The van der Waals surface area contributed by atoms with Crippen LogP contribution in [0.15, 0.2) is 24.3 Å². The van der Waals surface area contributed by atoms with Crippen LogP contribution in [0, 0.1) is 12.8 Å². The van der Waals surface area contributed by atoms with Crippen molar-refractivity contribution in [2.24, 2.45) is 5.92 Å². The summed E-state index contributed by atoms with van der Waals surface area (Å²) in [4.78, 5) is 14.9. The lowest BCUT2D eigenvalue weighted by Crippen LogP contribution is -2.46. The van der Waals surface area contributed by atoms with Crippen LogP contribution < -0.4 is 0 Å². The van der Waals surface area contributed by atoms with Crippen molar-refractivity contribution >= 4 is 5.78 Å². The Kier molecular flexibility index (Phi) is 5.76. The minimum atomic E-state index is -0.576. The van der Waals surface area contributed by atoms with Crippen molar-refractivity contribution in [1.82, 2.24) is 4.90 Å². The third kappa shape index (κ3) is 4.17. The molecule has 0 aliphatic carbocycles. The number of hydrogen-bond donors (Lipinski definition) is 1. The molecule has 0 atom stereocenters. The molecule has 1 aromatic rings. The van der Waals surface area contributed by atoms with Gasteiger partial charge < -0.3 is 10.0 Å².